The summed E-state index contributed by atoms with van der Waals surface area (Å²) in [6.45, 7) is 2.54. The molecule has 4 nitrogen and oxygen atoms in total. The standard InChI is InChI=1S/C11H16Cl2N2O2S/c1-8(15-5-2-6-18(14,16)17)9-3-4-10(12)11(13)7-9/h3-4,7-8,15H,2,5-6H2,1H3,(H2,14,16,17). The third-order valence-electron chi connectivity index (χ3n) is 2.50. The molecule has 7 heteroatoms. The fourth-order valence-electron chi connectivity index (χ4n) is 1.49. The Bertz CT molecular complexity index is 506. The van der Waals surface area contributed by atoms with Gasteiger partial charge < -0.3 is 5.32 Å². The first kappa shape index (κ1) is 15.7. The van der Waals surface area contributed by atoms with Crippen LogP contribution in [0.5, 0.6) is 0 Å². The number of primary sulfonamides is 1. The minimum Gasteiger partial charge on any atom is -0.310 e. The zero-order valence-corrected chi connectivity index (χ0v) is 12.3. The van der Waals surface area contributed by atoms with Gasteiger partial charge in [-0.05, 0) is 37.6 Å². The highest BCUT2D eigenvalue weighted by Crippen LogP contribution is 2.25. The Kier molecular flexibility index (Phi) is 5.88. The third-order valence-corrected chi connectivity index (χ3v) is 4.10. The zero-order chi connectivity index (χ0) is 13.8. The minimum absolute atomic E-state index is 0.0197. The second-order valence-corrected chi connectivity index (χ2v) is 6.62. The Labute approximate surface area is 118 Å². The highest BCUT2D eigenvalue weighted by Gasteiger charge is 2.08. The van der Waals surface area contributed by atoms with Gasteiger partial charge in [-0.1, -0.05) is 29.3 Å². The van der Waals surface area contributed by atoms with Crippen LogP contribution in [0, 0.1) is 0 Å². The largest absolute Gasteiger partial charge is 0.310 e. The number of nitrogens with one attached hydrogen (secondary N) is 1. The normalized spacial score (nSPS) is 13.6. The molecule has 0 radical (unpaired) electrons. The fraction of sp³-hybridized carbons (Fsp3) is 0.455. The summed E-state index contributed by atoms with van der Waals surface area (Å²) >= 11 is 11.8. The number of nitrogens with two attached hydrogens (primary N) is 1. The van der Waals surface area contributed by atoms with E-state index in [0.717, 1.165) is 5.56 Å². The van der Waals surface area contributed by atoms with E-state index in [1.165, 1.54) is 0 Å². The second kappa shape index (κ2) is 6.73. The molecule has 0 fully saturated rings. The first-order chi connectivity index (χ1) is 8.29. The highest BCUT2D eigenvalue weighted by molar-refractivity contribution is 7.89. The van der Waals surface area contributed by atoms with E-state index in [2.05, 4.69) is 5.32 Å². The Hall–Kier alpha value is -0.330. The van der Waals surface area contributed by atoms with E-state index in [4.69, 9.17) is 28.3 Å². The van der Waals surface area contributed by atoms with E-state index in [1.54, 1.807) is 12.1 Å². The Morgan fingerprint density at radius 2 is 2.00 bits per heavy atom. The summed E-state index contributed by atoms with van der Waals surface area (Å²) in [5.41, 5.74) is 1.00. The lowest BCUT2D eigenvalue weighted by molar-refractivity contribution is 0.561. The molecule has 3 N–H and O–H groups in total. The quantitative estimate of drug-likeness (QED) is 0.792. The van der Waals surface area contributed by atoms with Crippen LogP contribution in [0.2, 0.25) is 10.0 Å². The average molecular weight is 311 g/mol. The molecule has 0 saturated carbocycles. The number of hydrogen-bond donors (Lipinski definition) is 2. The van der Waals surface area contributed by atoms with Crippen LogP contribution in [0.3, 0.4) is 0 Å². The van der Waals surface area contributed by atoms with Crippen molar-refractivity contribution >= 4 is 33.2 Å². The molecule has 18 heavy (non-hydrogen) atoms. The maximum Gasteiger partial charge on any atom is 0.209 e. The monoisotopic (exact) mass is 310 g/mol. The van der Waals surface area contributed by atoms with Gasteiger partial charge in [0, 0.05) is 6.04 Å². The van der Waals surface area contributed by atoms with E-state index < -0.39 is 10.0 Å². The Morgan fingerprint density at radius 1 is 1.33 bits per heavy atom. The van der Waals surface area contributed by atoms with E-state index in [9.17, 15) is 8.42 Å². The molecule has 0 bridgehead atoms. The van der Waals surface area contributed by atoms with Gasteiger partial charge in [0.2, 0.25) is 10.0 Å². The molecular formula is C11H16Cl2N2O2S. The predicted molar refractivity (Wildman–Crippen MR) is 75.5 cm³/mol. The van der Waals surface area contributed by atoms with Crippen molar-refractivity contribution in [1.29, 1.82) is 0 Å². The lowest BCUT2D eigenvalue weighted by atomic mass is 10.1. The van der Waals surface area contributed by atoms with Gasteiger partial charge in [-0.25, -0.2) is 13.6 Å². The third kappa shape index (κ3) is 5.54. The molecule has 102 valence electrons. The maximum atomic E-state index is 10.7. The van der Waals surface area contributed by atoms with Crippen LogP contribution in [-0.4, -0.2) is 20.7 Å². The van der Waals surface area contributed by atoms with Gasteiger partial charge in [-0.3, -0.25) is 0 Å². The lowest BCUT2D eigenvalue weighted by Gasteiger charge is -2.14. The smallest absolute Gasteiger partial charge is 0.209 e. The second-order valence-electron chi connectivity index (χ2n) is 4.07. The molecule has 0 aliphatic heterocycles. The molecule has 1 rings (SSSR count). The van der Waals surface area contributed by atoms with E-state index in [0.29, 0.717) is 23.0 Å². The van der Waals surface area contributed by atoms with Gasteiger partial charge in [-0.2, -0.15) is 0 Å². The summed E-state index contributed by atoms with van der Waals surface area (Å²) in [6, 6.07) is 5.48. The topological polar surface area (TPSA) is 72.2 Å². The zero-order valence-electron chi connectivity index (χ0n) is 9.99. The SMILES string of the molecule is CC(NCCCS(N)(=O)=O)c1ccc(Cl)c(Cl)c1. The van der Waals surface area contributed by atoms with Gasteiger partial charge in [0.05, 0.1) is 15.8 Å². The van der Waals surface area contributed by atoms with Crippen LogP contribution >= 0.6 is 23.2 Å². The van der Waals surface area contributed by atoms with Crippen molar-refractivity contribution in [3.8, 4) is 0 Å². The molecule has 0 aliphatic rings. The summed E-state index contributed by atoms with van der Waals surface area (Å²) in [6.07, 6.45) is 0.477. The lowest BCUT2D eigenvalue weighted by Crippen LogP contribution is -2.24. The maximum absolute atomic E-state index is 10.7. The van der Waals surface area contributed by atoms with E-state index in [-0.39, 0.29) is 11.8 Å². The molecule has 0 heterocycles. The first-order valence-electron chi connectivity index (χ1n) is 5.48. The van der Waals surface area contributed by atoms with Gasteiger partial charge in [-0.15, -0.1) is 0 Å². The van der Waals surface area contributed by atoms with Crippen LogP contribution in [0.1, 0.15) is 24.9 Å². The molecular weight excluding hydrogens is 295 g/mol. The molecule has 0 saturated heterocycles. The number of halogens is 2. The molecule has 1 aromatic rings. The first-order valence-corrected chi connectivity index (χ1v) is 7.95. The summed E-state index contributed by atoms with van der Waals surface area (Å²) in [4.78, 5) is 0. The minimum atomic E-state index is -3.38. The fourth-order valence-corrected chi connectivity index (χ4v) is 2.34. The summed E-state index contributed by atoms with van der Waals surface area (Å²) in [7, 11) is -3.38. The van der Waals surface area contributed by atoms with E-state index >= 15 is 0 Å². The number of sulfonamides is 1. The molecule has 0 spiro atoms. The van der Waals surface area contributed by atoms with Crippen molar-refractivity contribution in [2.75, 3.05) is 12.3 Å². The van der Waals surface area contributed by atoms with Crippen LogP contribution in [0.15, 0.2) is 18.2 Å². The van der Waals surface area contributed by atoms with Gasteiger partial charge in [0.25, 0.3) is 0 Å². The van der Waals surface area contributed by atoms with Gasteiger partial charge in [0.15, 0.2) is 0 Å². The van der Waals surface area contributed by atoms with Crippen molar-refractivity contribution in [3.63, 3.8) is 0 Å². The van der Waals surface area contributed by atoms with Crippen molar-refractivity contribution in [3.05, 3.63) is 33.8 Å². The molecule has 0 aliphatic carbocycles. The van der Waals surface area contributed by atoms with Crippen molar-refractivity contribution < 1.29 is 8.42 Å². The van der Waals surface area contributed by atoms with Crippen molar-refractivity contribution in [2.24, 2.45) is 5.14 Å². The van der Waals surface area contributed by atoms with Crippen LogP contribution in [-0.2, 0) is 10.0 Å². The van der Waals surface area contributed by atoms with Crippen LogP contribution in [0.25, 0.3) is 0 Å². The molecule has 0 amide bonds. The molecule has 1 unspecified atom stereocenters. The van der Waals surface area contributed by atoms with Gasteiger partial charge in [0.1, 0.15) is 0 Å². The molecule has 1 atom stereocenters. The summed E-state index contributed by atoms with van der Waals surface area (Å²) in [5, 5.41) is 9.13. The Morgan fingerprint density at radius 3 is 2.56 bits per heavy atom. The highest BCUT2D eigenvalue weighted by atomic mass is 35.5. The van der Waals surface area contributed by atoms with Gasteiger partial charge >= 0.3 is 0 Å². The van der Waals surface area contributed by atoms with E-state index in [1.807, 2.05) is 13.0 Å². The number of benzene rings is 1. The molecule has 1 aromatic carbocycles. The van der Waals surface area contributed by atoms with Crippen molar-refractivity contribution in [1.82, 2.24) is 5.32 Å². The number of rotatable bonds is 6. The predicted octanol–water partition coefficient (Wildman–Crippen LogP) is 2.32. The average Bonchev–Trinajstić information content (AvgIpc) is 2.26. The Balaban J connectivity index is 2.45. The van der Waals surface area contributed by atoms with Crippen LogP contribution in [0.4, 0.5) is 0 Å². The molecule has 0 aromatic heterocycles. The van der Waals surface area contributed by atoms with Crippen molar-refractivity contribution in [2.45, 2.75) is 19.4 Å². The summed E-state index contributed by atoms with van der Waals surface area (Å²) in [5.74, 6) is -0.0197. The van der Waals surface area contributed by atoms with Crippen LogP contribution < -0.4 is 10.5 Å². The number of hydrogen-bond acceptors (Lipinski definition) is 3. The summed E-state index contributed by atoms with van der Waals surface area (Å²) < 4.78 is 21.5.